The summed E-state index contributed by atoms with van der Waals surface area (Å²) in [6, 6.07) is 0. The van der Waals surface area contributed by atoms with Crippen LogP contribution in [0.1, 0.15) is 26.7 Å². The Bertz CT molecular complexity index is 244. The molecule has 0 aromatic rings. The van der Waals surface area contributed by atoms with Crippen LogP contribution in [-0.4, -0.2) is 91.1 Å². The summed E-state index contributed by atoms with van der Waals surface area (Å²) in [7, 11) is 0. The van der Waals surface area contributed by atoms with E-state index < -0.39 is 18.3 Å². The van der Waals surface area contributed by atoms with Crippen molar-refractivity contribution in [1.82, 2.24) is 5.32 Å². The van der Waals surface area contributed by atoms with Crippen molar-refractivity contribution in [3.05, 3.63) is 0 Å². The summed E-state index contributed by atoms with van der Waals surface area (Å²) in [6.07, 6.45) is -2.36. The first-order valence-electron chi connectivity index (χ1n) is 8.08. The van der Waals surface area contributed by atoms with Crippen molar-refractivity contribution in [3.63, 3.8) is 0 Å². The third-order valence-electron chi connectivity index (χ3n) is 2.74. The zero-order chi connectivity index (χ0) is 17.9. The predicted octanol–water partition coefficient (Wildman–Crippen LogP) is -1.31. The number of aliphatic hydroxyl groups excluding tert-OH is 4. The van der Waals surface area contributed by atoms with Gasteiger partial charge in [0.15, 0.2) is 0 Å². The molecule has 0 aliphatic heterocycles. The molecular weight excluding hydrogens is 306 g/mol. The van der Waals surface area contributed by atoms with Crippen molar-refractivity contribution >= 4 is 6.29 Å². The third-order valence-corrected chi connectivity index (χ3v) is 2.74. The highest BCUT2D eigenvalue weighted by Crippen LogP contribution is 2.03. The van der Waals surface area contributed by atoms with Gasteiger partial charge in [-0.15, -0.1) is 0 Å². The SMILES string of the molecule is CC.O=CCCOCCOCCNCC(O)C(O)C(O)CCO. The molecule has 5 N–H and O–H groups in total. The molecule has 8 nitrogen and oxygen atoms in total. The van der Waals surface area contributed by atoms with Gasteiger partial charge in [-0.05, 0) is 6.42 Å². The maximum atomic E-state index is 10.0. The van der Waals surface area contributed by atoms with Gasteiger partial charge in [0.1, 0.15) is 12.4 Å². The number of hydrogen-bond acceptors (Lipinski definition) is 8. The Hall–Kier alpha value is -0.610. The Morgan fingerprint density at radius 3 is 2.17 bits per heavy atom. The molecule has 140 valence electrons. The van der Waals surface area contributed by atoms with Crippen molar-refractivity contribution in [1.29, 1.82) is 0 Å². The van der Waals surface area contributed by atoms with Crippen molar-refractivity contribution in [2.24, 2.45) is 0 Å². The molecule has 3 atom stereocenters. The highest BCUT2D eigenvalue weighted by molar-refractivity contribution is 5.49. The molecule has 3 unspecified atom stereocenters. The van der Waals surface area contributed by atoms with Gasteiger partial charge in [0.05, 0.1) is 38.6 Å². The predicted molar refractivity (Wildman–Crippen MR) is 86.3 cm³/mol. The average Bonchev–Trinajstić information content (AvgIpc) is 2.57. The lowest BCUT2D eigenvalue weighted by Gasteiger charge is -2.22. The van der Waals surface area contributed by atoms with E-state index in [1.807, 2.05) is 13.8 Å². The maximum Gasteiger partial charge on any atom is 0.122 e. The lowest BCUT2D eigenvalue weighted by Crippen LogP contribution is -2.44. The van der Waals surface area contributed by atoms with Crippen molar-refractivity contribution in [3.8, 4) is 0 Å². The van der Waals surface area contributed by atoms with Gasteiger partial charge in [-0.25, -0.2) is 0 Å². The lowest BCUT2D eigenvalue weighted by molar-refractivity contribution is -0.108. The van der Waals surface area contributed by atoms with E-state index >= 15 is 0 Å². The van der Waals surface area contributed by atoms with Crippen LogP contribution in [0.5, 0.6) is 0 Å². The van der Waals surface area contributed by atoms with Gasteiger partial charge in [-0.3, -0.25) is 0 Å². The first-order chi connectivity index (χ1) is 11.1. The Morgan fingerprint density at radius 2 is 1.61 bits per heavy atom. The smallest absolute Gasteiger partial charge is 0.122 e. The number of ether oxygens (including phenoxy) is 2. The first kappa shape index (κ1) is 24.6. The van der Waals surface area contributed by atoms with E-state index in [-0.39, 0.29) is 19.6 Å². The van der Waals surface area contributed by atoms with E-state index in [0.29, 0.717) is 39.4 Å². The summed E-state index contributed by atoms with van der Waals surface area (Å²) in [6.45, 7) is 5.99. The molecule has 0 rings (SSSR count). The quantitative estimate of drug-likeness (QED) is 0.184. The fourth-order valence-electron chi connectivity index (χ4n) is 1.53. The Morgan fingerprint density at radius 1 is 1.00 bits per heavy atom. The minimum Gasteiger partial charge on any atom is -0.396 e. The fraction of sp³-hybridized carbons (Fsp3) is 0.933. The molecule has 0 saturated heterocycles. The molecule has 0 bridgehead atoms. The lowest BCUT2D eigenvalue weighted by atomic mass is 10.1. The van der Waals surface area contributed by atoms with Gasteiger partial charge < -0.3 is 40.0 Å². The molecule has 23 heavy (non-hydrogen) atoms. The second-order valence-electron chi connectivity index (χ2n) is 4.52. The van der Waals surface area contributed by atoms with Crippen molar-refractivity contribution < 1.29 is 34.7 Å². The van der Waals surface area contributed by atoms with E-state index in [4.69, 9.17) is 14.6 Å². The number of hydrogen-bond donors (Lipinski definition) is 5. The topological polar surface area (TPSA) is 128 Å². The minimum atomic E-state index is -1.29. The molecule has 0 aromatic carbocycles. The number of aliphatic hydroxyl groups is 4. The minimum absolute atomic E-state index is 0.0193. The van der Waals surface area contributed by atoms with E-state index in [0.717, 1.165) is 6.29 Å². The summed E-state index contributed by atoms with van der Waals surface area (Å²) in [5.74, 6) is 0. The van der Waals surface area contributed by atoms with Crippen molar-refractivity contribution in [2.45, 2.75) is 45.0 Å². The van der Waals surface area contributed by atoms with Crippen LogP contribution < -0.4 is 5.32 Å². The fourth-order valence-corrected chi connectivity index (χ4v) is 1.53. The molecule has 8 heteroatoms. The molecule has 0 radical (unpaired) electrons. The first-order valence-corrected chi connectivity index (χ1v) is 8.08. The summed E-state index contributed by atoms with van der Waals surface area (Å²) >= 11 is 0. The zero-order valence-corrected chi connectivity index (χ0v) is 14.2. The third kappa shape index (κ3) is 16.0. The summed E-state index contributed by atoms with van der Waals surface area (Å²) in [5.41, 5.74) is 0. The zero-order valence-electron chi connectivity index (χ0n) is 14.2. The molecule has 0 aromatic heterocycles. The number of nitrogens with one attached hydrogen (secondary N) is 1. The summed E-state index contributed by atoms with van der Waals surface area (Å²) < 4.78 is 10.3. The molecule has 0 fully saturated rings. The van der Waals surface area contributed by atoms with E-state index in [9.17, 15) is 20.1 Å². The van der Waals surface area contributed by atoms with Crippen LogP contribution in [0.4, 0.5) is 0 Å². The van der Waals surface area contributed by atoms with Crippen LogP contribution in [0, 0.1) is 0 Å². The van der Waals surface area contributed by atoms with E-state index in [1.54, 1.807) is 0 Å². The monoisotopic (exact) mass is 339 g/mol. The van der Waals surface area contributed by atoms with Crippen LogP contribution >= 0.6 is 0 Å². The number of aldehydes is 1. The standard InChI is InChI=1S/C13H27NO7.C2H6/c15-4-1-6-20-8-9-21-7-3-14-10-12(18)13(19)11(17)2-5-16;1-2/h4,11-14,16-19H,1-3,5-10H2;1-2H3. The van der Waals surface area contributed by atoms with Gasteiger partial charge in [0.25, 0.3) is 0 Å². The van der Waals surface area contributed by atoms with E-state index in [2.05, 4.69) is 5.32 Å². The Kier molecular flexibility index (Phi) is 20.8. The molecule has 0 aliphatic carbocycles. The number of rotatable bonds is 15. The highest BCUT2D eigenvalue weighted by Gasteiger charge is 2.23. The van der Waals surface area contributed by atoms with Gasteiger partial charge in [-0.2, -0.15) is 0 Å². The van der Waals surface area contributed by atoms with Gasteiger partial charge in [0.2, 0.25) is 0 Å². The van der Waals surface area contributed by atoms with Crippen LogP contribution in [0.3, 0.4) is 0 Å². The molecule has 0 aliphatic rings. The second kappa shape index (κ2) is 19.4. The van der Waals surface area contributed by atoms with E-state index in [1.165, 1.54) is 0 Å². The largest absolute Gasteiger partial charge is 0.396 e. The molecule has 0 saturated carbocycles. The molecule has 0 heterocycles. The average molecular weight is 339 g/mol. The Balaban J connectivity index is 0. The van der Waals surface area contributed by atoms with Gasteiger partial charge in [-0.1, -0.05) is 13.8 Å². The number of carbonyl (C=O) groups is 1. The summed E-state index contributed by atoms with van der Waals surface area (Å²) in [4.78, 5) is 10.0. The normalized spacial score (nSPS) is 14.5. The van der Waals surface area contributed by atoms with Crippen LogP contribution in [0.15, 0.2) is 0 Å². The van der Waals surface area contributed by atoms with Gasteiger partial charge in [0, 0.05) is 26.1 Å². The maximum absolute atomic E-state index is 10.0. The highest BCUT2D eigenvalue weighted by atomic mass is 16.5. The molecular formula is C15H33NO7. The summed E-state index contributed by atoms with van der Waals surface area (Å²) in [5, 5.41) is 40.0. The van der Waals surface area contributed by atoms with Crippen LogP contribution in [0.25, 0.3) is 0 Å². The van der Waals surface area contributed by atoms with Gasteiger partial charge >= 0.3 is 0 Å². The molecule has 0 spiro atoms. The van der Waals surface area contributed by atoms with Crippen molar-refractivity contribution in [2.75, 3.05) is 46.1 Å². The van der Waals surface area contributed by atoms with Crippen LogP contribution in [0.2, 0.25) is 0 Å². The Labute approximate surface area is 138 Å². The second-order valence-corrected chi connectivity index (χ2v) is 4.52. The van der Waals surface area contributed by atoms with Crippen LogP contribution in [-0.2, 0) is 14.3 Å². The number of carbonyl (C=O) groups excluding carboxylic acids is 1. The molecule has 0 amide bonds.